The summed E-state index contributed by atoms with van der Waals surface area (Å²) >= 11 is 0. The molecule has 1 amide bonds. The van der Waals surface area contributed by atoms with E-state index in [0.717, 1.165) is 22.5 Å². The molecule has 39 heavy (non-hydrogen) atoms. The Morgan fingerprint density at radius 3 is 2.56 bits per heavy atom. The van der Waals surface area contributed by atoms with Crippen molar-refractivity contribution in [1.82, 2.24) is 19.3 Å². The summed E-state index contributed by atoms with van der Waals surface area (Å²) in [6.07, 6.45) is 6.59. The maximum Gasteiger partial charge on any atom is 0.248 e. The number of rotatable bonds is 6. The molecule has 0 saturated carbocycles. The van der Waals surface area contributed by atoms with Crippen LogP contribution in [0.2, 0.25) is 0 Å². The first-order chi connectivity index (χ1) is 18.7. The number of amides is 1. The number of hydrogen-bond donors (Lipinski definition) is 0. The Bertz CT molecular complexity index is 1460. The van der Waals surface area contributed by atoms with Gasteiger partial charge in [-0.1, -0.05) is 41.1 Å². The molecule has 0 spiro atoms. The van der Waals surface area contributed by atoms with E-state index in [9.17, 15) is 13.2 Å². The molecule has 2 fully saturated rings. The van der Waals surface area contributed by atoms with Crippen LogP contribution in [0.5, 0.6) is 0 Å². The topological polar surface area (TPSA) is 99.8 Å². The minimum Gasteiger partial charge on any atom is -0.355 e. The van der Waals surface area contributed by atoms with Gasteiger partial charge in [0.2, 0.25) is 15.9 Å². The van der Waals surface area contributed by atoms with E-state index in [2.05, 4.69) is 15.0 Å². The van der Waals surface area contributed by atoms with Gasteiger partial charge < -0.3 is 14.3 Å². The number of piperazine rings is 1. The smallest absolute Gasteiger partial charge is 0.248 e. The molecule has 4 heterocycles. The maximum absolute atomic E-state index is 13.8. The highest BCUT2D eigenvalue weighted by Crippen LogP contribution is 2.30. The van der Waals surface area contributed by atoms with Crippen molar-refractivity contribution in [3.8, 4) is 0 Å². The Hall–Kier alpha value is -3.50. The fourth-order valence-corrected chi connectivity index (χ4v) is 7.12. The number of aryl methyl sites for hydroxylation is 3. The van der Waals surface area contributed by atoms with Crippen molar-refractivity contribution >= 4 is 33.9 Å². The van der Waals surface area contributed by atoms with Crippen LogP contribution < -0.4 is 4.90 Å². The third-order valence-corrected chi connectivity index (χ3v) is 9.60. The number of benzene rings is 1. The highest BCUT2D eigenvalue weighted by atomic mass is 32.2. The quantitative estimate of drug-likeness (QED) is 0.460. The van der Waals surface area contributed by atoms with Gasteiger partial charge in [-0.25, -0.2) is 13.4 Å². The van der Waals surface area contributed by atoms with E-state index >= 15 is 0 Å². The lowest BCUT2D eigenvalue weighted by Gasteiger charge is -2.39. The SMILES string of the molecule is Cc1ccc(C)c(/C=C/c2onc(C)c2S(=O)(=O)N2CCC[C@H](C(=O)N3CCN(c4ccccn4)CC3)C2)c1. The van der Waals surface area contributed by atoms with Gasteiger partial charge in [0, 0.05) is 45.5 Å². The van der Waals surface area contributed by atoms with Crippen molar-refractivity contribution in [2.75, 3.05) is 44.2 Å². The molecule has 10 heteroatoms. The second-order valence-corrected chi connectivity index (χ2v) is 12.2. The Morgan fingerprint density at radius 2 is 1.82 bits per heavy atom. The van der Waals surface area contributed by atoms with Crippen LogP contribution in [-0.4, -0.2) is 72.9 Å². The standard InChI is InChI=1S/C29H35N5O4S/c1-21-9-10-22(2)24(19-21)11-12-26-28(23(3)31-38-26)39(36,37)34-14-6-7-25(20-34)29(35)33-17-15-32(16-18-33)27-8-4-5-13-30-27/h4-5,8-13,19,25H,6-7,14-18,20H2,1-3H3/b12-11+/t25-/m0/s1. The largest absolute Gasteiger partial charge is 0.355 e. The molecular formula is C29H35N5O4S. The van der Waals surface area contributed by atoms with E-state index in [1.54, 1.807) is 19.2 Å². The summed E-state index contributed by atoms with van der Waals surface area (Å²) in [6.45, 7) is 8.77. The van der Waals surface area contributed by atoms with E-state index in [0.29, 0.717) is 51.3 Å². The molecule has 9 nitrogen and oxygen atoms in total. The zero-order valence-electron chi connectivity index (χ0n) is 22.7. The van der Waals surface area contributed by atoms with Crippen LogP contribution in [0.4, 0.5) is 5.82 Å². The zero-order valence-corrected chi connectivity index (χ0v) is 23.5. The molecule has 5 rings (SSSR count). The number of carbonyl (C=O) groups is 1. The second kappa shape index (κ2) is 11.3. The molecule has 2 aromatic heterocycles. The van der Waals surface area contributed by atoms with Gasteiger partial charge in [-0.15, -0.1) is 0 Å². The average Bonchev–Trinajstić information content (AvgIpc) is 3.34. The second-order valence-electron chi connectivity index (χ2n) is 10.4. The van der Waals surface area contributed by atoms with Gasteiger partial charge in [-0.05, 0) is 62.9 Å². The Balaban J connectivity index is 1.29. The van der Waals surface area contributed by atoms with Crippen molar-refractivity contribution in [3.63, 3.8) is 0 Å². The van der Waals surface area contributed by atoms with Crippen molar-refractivity contribution in [3.05, 3.63) is 70.7 Å². The molecule has 0 radical (unpaired) electrons. The van der Waals surface area contributed by atoms with Crippen molar-refractivity contribution in [1.29, 1.82) is 0 Å². The van der Waals surface area contributed by atoms with E-state index < -0.39 is 10.0 Å². The van der Waals surface area contributed by atoms with Gasteiger partial charge in [0.05, 0.1) is 5.92 Å². The van der Waals surface area contributed by atoms with Crippen molar-refractivity contribution in [2.45, 2.75) is 38.5 Å². The third-order valence-electron chi connectivity index (χ3n) is 7.58. The molecule has 2 aliphatic rings. The first kappa shape index (κ1) is 27.1. The number of piperidine rings is 1. The summed E-state index contributed by atoms with van der Waals surface area (Å²) in [4.78, 5) is 21.9. The zero-order chi connectivity index (χ0) is 27.6. The molecule has 2 aliphatic heterocycles. The van der Waals surface area contributed by atoms with E-state index in [1.165, 1.54) is 4.31 Å². The summed E-state index contributed by atoms with van der Waals surface area (Å²) in [5.74, 6) is 0.759. The minimum absolute atomic E-state index is 0.0210. The first-order valence-electron chi connectivity index (χ1n) is 13.4. The lowest BCUT2D eigenvalue weighted by atomic mass is 9.98. The predicted octanol–water partition coefficient (Wildman–Crippen LogP) is 3.91. The molecule has 0 unspecified atom stereocenters. The van der Waals surface area contributed by atoms with Crippen molar-refractivity contribution in [2.24, 2.45) is 5.92 Å². The highest BCUT2D eigenvalue weighted by molar-refractivity contribution is 7.89. The van der Waals surface area contributed by atoms with Crippen LogP contribution in [0.1, 0.15) is 41.0 Å². The Morgan fingerprint density at radius 1 is 1.03 bits per heavy atom. The van der Waals surface area contributed by atoms with Crippen LogP contribution in [0.15, 0.2) is 52.0 Å². The van der Waals surface area contributed by atoms with E-state index in [1.807, 2.05) is 61.2 Å². The van der Waals surface area contributed by atoms with Gasteiger partial charge in [-0.3, -0.25) is 4.79 Å². The minimum atomic E-state index is -3.91. The van der Waals surface area contributed by atoms with E-state index in [-0.39, 0.29) is 29.0 Å². The molecule has 3 aromatic rings. The molecule has 1 atom stereocenters. The van der Waals surface area contributed by atoms with Gasteiger partial charge in [0.1, 0.15) is 11.5 Å². The fourth-order valence-electron chi connectivity index (χ4n) is 5.35. The molecule has 2 saturated heterocycles. The van der Waals surface area contributed by atoms with Gasteiger partial charge in [0.25, 0.3) is 0 Å². The highest BCUT2D eigenvalue weighted by Gasteiger charge is 2.38. The first-order valence-corrected chi connectivity index (χ1v) is 14.8. The van der Waals surface area contributed by atoms with Crippen LogP contribution in [-0.2, 0) is 14.8 Å². The lowest BCUT2D eigenvalue weighted by Crippen LogP contribution is -2.53. The summed E-state index contributed by atoms with van der Waals surface area (Å²) in [7, 11) is -3.91. The molecule has 1 aromatic carbocycles. The van der Waals surface area contributed by atoms with Gasteiger partial charge >= 0.3 is 0 Å². The monoisotopic (exact) mass is 549 g/mol. The normalized spacial score (nSPS) is 19.1. The van der Waals surface area contributed by atoms with Gasteiger partial charge in [0.15, 0.2) is 10.7 Å². The van der Waals surface area contributed by atoms with Crippen LogP contribution in [0, 0.1) is 26.7 Å². The molecule has 206 valence electrons. The summed E-state index contributed by atoms with van der Waals surface area (Å²) in [5.41, 5.74) is 3.49. The summed E-state index contributed by atoms with van der Waals surface area (Å²) in [5, 5.41) is 3.97. The summed E-state index contributed by atoms with van der Waals surface area (Å²) < 4.78 is 34.5. The number of sulfonamides is 1. The van der Waals surface area contributed by atoms with Crippen LogP contribution in [0.3, 0.4) is 0 Å². The van der Waals surface area contributed by atoms with Crippen LogP contribution in [0.25, 0.3) is 12.2 Å². The number of anilines is 1. The lowest BCUT2D eigenvalue weighted by molar-refractivity contribution is -0.137. The molecule has 0 aliphatic carbocycles. The maximum atomic E-state index is 13.8. The fraction of sp³-hybridized carbons (Fsp3) is 0.414. The van der Waals surface area contributed by atoms with Gasteiger partial charge in [-0.2, -0.15) is 4.31 Å². The number of pyridine rings is 1. The average molecular weight is 550 g/mol. The number of nitrogens with zero attached hydrogens (tertiary/aromatic N) is 5. The van der Waals surface area contributed by atoms with Crippen LogP contribution >= 0.6 is 0 Å². The van der Waals surface area contributed by atoms with Crippen molar-refractivity contribution < 1.29 is 17.7 Å². The third kappa shape index (κ3) is 5.77. The molecular weight excluding hydrogens is 514 g/mol. The predicted molar refractivity (Wildman–Crippen MR) is 151 cm³/mol. The number of carbonyl (C=O) groups excluding carboxylic acids is 1. The Kier molecular flexibility index (Phi) is 7.86. The molecule has 0 bridgehead atoms. The van der Waals surface area contributed by atoms with E-state index in [4.69, 9.17) is 4.52 Å². The Labute approximate surface area is 230 Å². The summed E-state index contributed by atoms with van der Waals surface area (Å²) in [6, 6.07) is 11.9. The number of aromatic nitrogens is 2. The number of hydrogen-bond acceptors (Lipinski definition) is 7. The molecule has 0 N–H and O–H groups in total.